The number of halogens is 1. The van der Waals surface area contributed by atoms with Gasteiger partial charge in [0.15, 0.2) is 0 Å². The Morgan fingerprint density at radius 1 is 1.00 bits per heavy atom. The maximum Gasteiger partial charge on any atom is 0.335 e. The number of carboxylic acid groups (broad SMARTS) is 1. The first-order chi connectivity index (χ1) is 8.66. The molecule has 2 rings (SSSR count). The van der Waals surface area contributed by atoms with Crippen LogP contribution >= 0.6 is 12.4 Å². The molecule has 0 aromatic heterocycles. The van der Waals surface area contributed by atoms with Crippen LogP contribution in [0.2, 0.25) is 0 Å². The molecule has 0 aliphatic heterocycles. The van der Waals surface area contributed by atoms with E-state index in [-0.39, 0.29) is 23.8 Å². The Hall–Kier alpha value is -2.33. The van der Waals surface area contributed by atoms with Crippen molar-refractivity contribution in [3.8, 4) is 0 Å². The largest absolute Gasteiger partial charge is 0.478 e. The van der Waals surface area contributed by atoms with Crippen LogP contribution in [0.3, 0.4) is 0 Å². The van der Waals surface area contributed by atoms with Crippen LogP contribution in [0.15, 0.2) is 54.6 Å². The monoisotopic (exact) mass is 276 g/mol. The predicted octanol–water partition coefficient (Wildman–Crippen LogP) is 3.24. The summed E-state index contributed by atoms with van der Waals surface area (Å²) in [6, 6.07) is 15.6. The van der Waals surface area contributed by atoms with Crippen molar-refractivity contribution >= 4 is 29.9 Å². The lowest BCUT2D eigenvalue weighted by molar-refractivity contribution is 0.0697. The Morgan fingerprint density at radius 2 is 1.63 bits per heavy atom. The van der Waals surface area contributed by atoms with Crippen molar-refractivity contribution in [3.05, 3.63) is 65.7 Å². The summed E-state index contributed by atoms with van der Waals surface area (Å²) in [6.45, 7) is 0. The van der Waals surface area contributed by atoms with Crippen molar-refractivity contribution in [2.45, 2.75) is 0 Å². The zero-order valence-corrected chi connectivity index (χ0v) is 10.8. The van der Waals surface area contributed by atoms with E-state index in [4.69, 9.17) is 10.5 Å². The van der Waals surface area contributed by atoms with Crippen molar-refractivity contribution in [2.24, 2.45) is 0 Å². The molecular formula is C14H13ClN2O2. The van der Waals surface area contributed by atoms with Gasteiger partial charge in [-0.2, -0.15) is 0 Å². The second-order valence-electron chi connectivity index (χ2n) is 3.75. The van der Waals surface area contributed by atoms with Crippen LogP contribution in [0, 0.1) is 5.41 Å². The molecule has 0 amide bonds. The molecule has 4 nitrogen and oxygen atoms in total. The van der Waals surface area contributed by atoms with Crippen LogP contribution in [-0.4, -0.2) is 16.9 Å². The van der Waals surface area contributed by atoms with Gasteiger partial charge in [0.1, 0.15) is 5.84 Å². The molecule has 0 bridgehead atoms. The summed E-state index contributed by atoms with van der Waals surface area (Å²) in [4.78, 5) is 10.8. The molecule has 0 aliphatic carbocycles. The summed E-state index contributed by atoms with van der Waals surface area (Å²) < 4.78 is 0. The molecule has 0 heterocycles. The molecule has 0 spiro atoms. The van der Waals surface area contributed by atoms with E-state index in [1.165, 1.54) is 12.1 Å². The molecule has 2 aromatic carbocycles. The van der Waals surface area contributed by atoms with Gasteiger partial charge < -0.3 is 10.4 Å². The van der Waals surface area contributed by atoms with Crippen LogP contribution in [0.1, 0.15) is 15.9 Å². The van der Waals surface area contributed by atoms with Gasteiger partial charge in [0.25, 0.3) is 0 Å². The SMILES string of the molecule is Cl.N=C(Nc1cccc(C(=O)O)c1)c1ccccc1. The molecule has 98 valence electrons. The molecule has 0 atom stereocenters. The molecule has 19 heavy (non-hydrogen) atoms. The number of rotatable bonds is 3. The van der Waals surface area contributed by atoms with Gasteiger partial charge in [-0.05, 0) is 18.2 Å². The first kappa shape index (κ1) is 14.7. The second kappa shape index (κ2) is 6.56. The Morgan fingerprint density at radius 3 is 2.26 bits per heavy atom. The van der Waals surface area contributed by atoms with Crippen molar-refractivity contribution in [3.63, 3.8) is 0 Å². The fraction of sp³-hybridized carbons (Fsp3) is 0. The molecule has 5 heteroatoms. The first-order valence-electron chi connectivity index (χ1n) is 5.41. The van der Waals surface area contributed by atoms with Gasteiger partial charge in [-0.15, -0.1) is 12.4 Å². The normalized spacial score (nSPS) is 9.26. The van der Waals surface area contributed by atoms with Crippen LogP contribution in [-0.2, 0) is 0 Å². The first-order valence-corrected chi connectivity index (χ1v) is 5.41. The van der Waals surface area contributed by atoms with Gasteiger partial charge in [0.2, 0.25) is 0 Å². The Balaban J connectivity index is 0.00000180. The van der Waals surface area contributed by atoms with Gasteiger partial charge in [-0.1, -0.05) is 36.4 Å². The lowest BCUT2D eigenvalue weighted by Gasteiger charge is -2.08. The lowest BCUT2D eigenvalue weighted by atomic mass is 10.1. The average Bonchev–Trinajstić information content (AvgIpc) is 2.40. The zero-order valence-electron chi connectivity index (χ0n) is 9.96. The standard InChI is InChI=1S/C14H12N2O2.ClH/c15-13(10-5-2-1-3-6-10)16-12-8-4-7-11(9-12)14(17)18;/h1-9H,(H2,15,16)(H,17,18);1H. The highest BCUT2D eigenvalue weighted by Gasteiger charge is 2.05. The predicted molar refractivity (Wildman–Crippen MR) is 77.5 cm³/mol. The van der Waals surface area contributed by atoms with Crippen molar-refractivity contribution in [2.75, 3.05) is 5.32 Å². The number of anilines is 1. The summed E-state index contributed by atoms with van der Waals surface area (Å²) in [7, 11) is 0. The van der Waals surface area contributed by atoms with Crippen molar-refractivity contribution in [1.82, 2.24) is 0 Å². The van der Waals surface area contributed by atoms with Crippen LogP contribution in [0.5, 0.6) is 0 Å². The third-order valence-electron chi connectivity index (χ3n) is 2.44. The highest BCUT2D eigenvalue weighted by atomic mass is 35.5. The second-order valence-corrected chi connectivity index (χ2v) is 3.75. The molecule has 0 saturated heterocycles. The number of nitrogens with one attached hydrogen (secondary N) is 2. The van der Waals surface area contributed by atoms with E-state index in [0.29, 0.717) is 5.69 Å². The van der Waals surface area contributed by atoms with Crippen LogP contribution < -0.4 is 5.32 Å². The fourth-order valence-corrected chi connectivity index (χ4v) is 1.55. The third kappa shape index (κ3) is 3.82. The van der Waals surface area contributed by atoms with Crippen molar-refractivity contribution < 1.29 is 9.90 Å². The minimum absolute atomic E-state index is 0. The van der Waals surface area contributed by atoms with Gasteiger partial charge in [0, 0.05) is 11.3 Å². The molecule has 0 fully saturated rings. The zero-order chi connectivity index (χ0) is 13.0. The summed E-state index contributed by atoms with van der Waals surface area (Å²) in [5, 5.41) is 19.6. The number of hydrogen-bond acceptors (Lipinski definition) is 2. The summed E-state index contributed by atoms with van der Waals surface area (Å²) in [5.74, 6) is -0.747. The highest BCUT2D eigenvalue weighted by molar-refractivity contribution is 6.06. The van der Waals surface area contributed by atoms with E-state index in [1.54, 1.807) is 12.1 Å². The van der Waals surface area contributed by atoms with Crippen molar-refractivity contribution in [1.29, 1.82) is 5.41 Å². The Labute approximate surface area is 117 Å². The van der Waals surface area contributed by atoms with Gasteiger partial charge >= 0.3 is 5.97 Å². The quantitative estimate of drug-likeness (QED) is 0.595. The van der Waals surface area contributed by atoms with Gasteiger partial charge in [0.05, 0.1) is 5.56 Å². The topological polar surface area (TPSA) is 73.2 Å². The molecule has 3 N–H and O–H groups in total. The van der Waals surface area contributed by atoms with Crippen LogP contribution in [0.25, 0.3) is 0 Å². The van der Waals surface area contributed by atoms with Crippen LogP contribution in [0.4, 0.5) is 5.69 Å². The Kier molecular flexibility index (Phi) is 5.09. The summed E-state index contributed by atoms with van der Waals surface area (Å²) >= 11 is 0. The fourth-order valence-electron chi connectivity index (χ4n) is 1.55. The van der Waals surface area contributed by atoms with Gasteiger partial charge in [-0.3, -0.25) is 5.41 Å². The van der Waals surface area contributed by atoms with E-state index in [1.807, 2.05) is 30.3 Å². The smallest absolute Gasteiger partial charge is 0.335 e. The maximum absolute atomic E-state index is 10.8. The third-order valence-corrected chi connectivity index (χ3v) is 2.44. The van der Waals surface area contributed by atoms with Gasteiger partial charge in [-0.25, -0.2) is 4.79 Å². The Bertz CT molecular complexity index is 585. The minimum atomic E-state index is -0.982. The molecule has 0 unspecified atom stereocenters. The number of carboxylic acids is 1. The minimum Gasteiger partial charge on any atom is -0.478 e. The van der Waals surface area contributed by atoms with E-state index in [2.05, 4.69) is 5.32 Å². The maximum atomic E-state index is 10.8. The van der Waals surface area contributed by atoms with E-state index >= 15 is 0 Å². The number of benzene rings is 2. The average molecular weight is 277 g/mol. The molecule has 2 aromatic rings. The molecule has 0 saturated carbocycles. The highest BCUT2D eigenvalue weighted by Crippen LogP contribution is 2.12. The number of carbonyl (C=O) groups is 1. The molecule has 0 radical (unpaired) electrons. The summed E-state index contributed by atoms with van der Waals surface area (Å²) in [6.07, 6.45) is 0. The number of aromatic carboxylic acids is 1. The molecular weight excluding hydrogens is 264 g/mol. The van der Waals surface area contributed by atoms with E-state index in [9.17, 15) is 4.79 Å². The number of amidine groups is 1. The molecule has 0 aliphatic rings. The summed E-state index contributed by atoms with van der Waals surface area (Å²) in [5.41, 5.74) is 1.53. The lowest BCUT2D eigenvalue weighted by Crippen LogP contribution is -2.12. The van der Waals surface area contributed by atoms with E-state index in [0.717, 1.165) is 5.56 Å². The number of hydrogen-bond donors (Lipinski definition) is 3. The van der Waals surface area contributed by atoms with E-state index < -0.39 is 5.97 Å².